The van der Waals surface area contributed by atoms with Crippen LogP contribution in [0.15, 0.2) is 12.3 Å². The average Bonchev–Trinajstić information content (AvgIpc) is 2.99. The molecule has 2 heterocycles. The van der Waals surface area contributed by atoms with E-state index < -0.39 is 19.0 Å². The zero-order valence-electron chi connectivity index (χ0n) is 12.4. The number of thiazole rings is 1. The highest BCUT2D eigenvalue weighted by Gasteiger charge is 2.16. The van der Waals surface area contributed by atoms with Gasteiger partial charge in [0.05, 0.1) is 5.69 Å². The Morgan fingerprint density at radius 1 is 1.30 bits per heavy atom. The zero-order valence-corrected chi connectivity index (χ0v) is 13.2. The smallest absolute Gasteiger partial charge is 0.291 e. The summed E-state index contributed by atoms with van der Waals surface area (Å²) in [6, 6.07) is 0.995. The molecule has 2 aromatic rings. The summed E-state index contributed by atoms with van der Waals surface area (Å²) >= 11 is 1.49. The molecule has 6 nitrogen and oxygen atoms in total. The van der Waals surface area contributed by atoms with E-state index in [0.717, 1.165) is 36.1 Å². The van der Waals surface area contributed by atoms with Gasteiger partial charge in [0.25, 0.3) is 6.43 Å². The predicted molar refractivity (Wildman–Crippen MR) is 84.2 cm³/mol. The summed E-state index contributed by atoms with van der Waals surface area (Å²) in [6.45, 7) is -0.498. The maximum absolute atomic E-state index is 12.3. The van der Waals surface area contributed by atoms with Crippen LogP contribution in [-0.4, -0.2) is 27.2 Å². The third kappa shape index (κ3) is 4.25. The Balaban J connectivity index is 1.58. The number of nitrogens with one attached hydrogen (secondary N) is 2. The van der Waals surface area contributed by atoms with E-state index in [0.29, 0.717) is 5.13 Å². The minimum Gasteiger partial charge on any atom is -0.291 e. The quantitative estimate of drug-likeness (QED) is 0.836. The van der Waals surface area contributed by atoms with Crippen molar-refractivity contribution in [1.29, 1.82) is 0 Å². The van der Waals surface area contributed by atoms with Crippen molar-refractivity contribution in [3.05, 3.63) is 22.8 Å². The van der Waals surface area contributed by atoms with Crippen LogP contribution in [0.1, 0.15) is 29.8 Å². The van der Waals surface area contributed by atoms with Crippen LogP contribution >= 0.6 is 11.3 Å². The van der Waals surface area contributed by atoms with Crippen LogP contribution < -0.4 is 10.6 Å². The van der Waals surface area contributed by atoms with Crippen molar-refractivity contribution >= 4 is 28.3 Å². The SMILES string of the molecule is O=C(Nc1ccn(CC(F)F)n1)Nc1nc2c(s1)CCCCC2. The number of amides is 2. The molecule has 124 valence electrons. The molecular weight excluding hydrogens is 324 g/mol. The second kappa shape index (κ2) is 7.03. The van der Waals surface area contributed by atoms with E-state index in [1.54, 1.807) is 0 Å². The van der Waals surface area contributed by atoms with E-state index >= 15 is 0 Å². The summed E-state index contributed by atoms with van der Waals surface area (Å²) in [5.41, 5.74) is 1.07. The van der Waals surface area contributed by atoms with Gasteiger partial charge in [0, 0.05) is 17.1 Å². The maximum atomic E-state index is 12.3. The van der Waals surface area contributed by atoms with Gasteiger partial charge in [-0.15, -0.1) is 11.3 Å². The number of alkyl halides is 2. The van der Waals surface area contributed by atoms with Gasteiger partial charge in [0.15, 0.2) is 10.9 Å². The fourth-order valence-corrected chi connectivity index (χ4v) is 3.54. The highest BCUT2D eigenvalue weighted by Crippen LogP contribution is 2.28. The van der Waals surface area contributed by atoms with Crippen molar-refractivity contribution in [1.82, 2.24) is 14.8 Å². The van der Waals surface area contributed by atoms with Crippen LogP contribution in [-0.2, 0) is 19.4 Å². The molecule has 3 rings (SSSR count). The normalized spacial score (nSPS) is 14.4. The van der Waals surface area contributed by atoms with Crippen molar-refractivity contribution in [2.45, 2.75) is 45.1 Å². The summed E-state index contributed by atoms with van der Waals surface area (Å²) in [4.78, 5) is 17.6. The Labute approximate surface area is 135 Å². The molecule has 1 aliphatic rings. The van der Waals surface area contributed by atoms with Crippen LogP contribution in [0.4, 0.5) is 24.5 Å². The van der Waals surface area contributed by atoms with Crippen molar-refractivity contribution < 1.29 is 13.6 Å². The fourth-order valence-electron chi connectivity index (χ4n) is 2.50. The highest BCUT2D eigenvalue weighted by atomic mass is 32.1. The third-order valence-corrected chi connectivity index (χ3v) is 4.60. The lowest BCUT2D eigenvalue weighted by molar-refractivity contribution is 0.122. The standard InChI is InChI=1S/C14H17F2N5OS/c15-11(16)8-21-7-6-12(20-21)18-13(22)19-14-17-9-4-2-1-3-5-10(9)23-14/h6-7,11H,1-5,8H2,(H2,17,18,19,20,22). The Morgan fingerprint density at radius 3 is 2.96 bits per heavy atom. The molecule has 0 fully saturated rings. The minimum absolute atomic E-state index is 0.223. The number of anilines is 2. The molecule has 0 radical (unpaired) electrons. The third-order valence-electron chi connectivity index (χ3n) is 3.52. The van der Waals surface area contributed by atoms with E-state index in [1.165, 1.54) is 34.9 Å². The Morgan fingerprint density at radius 2 is 2.13 bits per heavy atom. The van der Waals surface area contributed by atoms with Gasteiger partial charge in [-0.2, -0.15) is 5.10 Å². The molecule has 0 saturated heterocycles. The van der Waals surface area contributed by atoms with Gasteiger partial charge in [-0.05, 0) is 25.7 Å². The predicted octanol–water partition coefficient (Wildman–Crippen LogP) is 3.52. The molecule has 0 aliphatic heterocycles. The fraction of sp³-hybridized carbons (Fsp3) is 0.500. The van der Waals surface area contributed by atoms with Crippen LogP contribution in [0.25, 0.3) is 0 Å². The second-order valence-corrected chi connectivity index (χ2v) is 6.43. The van der Waals surface area contributed by atoms with Crippen LogP contribution in [0.3, 0.4) is 0 Å². The van der Waals surface area contributed by atoms with Crippen LogP contribution in [0, 0.1) is 0 Å². The van der Waals surface area contributed by atoms with Crippen molar-refractivity contribution in [3.63, 3.8) is 0 Å². The van der Waals surface area contributed by atoms with E-state index in [4.69, 9.17) is 0 Å². The van der Waals surface area contributed by atoms with Crippen LogP contribution in [0.2, 0.25) is 0 Å². The number of nitrogens with zero attached hydrogens (tertiary/aromatic N) is 3. The molecule has 23 heavy (non-hydrogen) atoms. The van der Waals surface area contributed by atoms with Gasteiger partial charge in [0.2, 0.25) is 0 Å². The number of hydrogen-bond acceptors (Lipinski definition) is 4. The molecule has 9 heteroatoms. The van der Waals surface area contributed by atoms with Gasteiger partial charge < -0.3 is 0 Å². The minimum atomic E-state index is -2.48. The largest absolute Gasteiger partial charge is 0.326 e. The molecule has 0 atom stereocenters. The summed E-state index contributed by atoms with van der Waals surface area (Å²) in [7, 11) is 0. The molecule has 2 aromatic heterocycles. The Hall–Kier alpha value is -2.03. The van der Waals surface area contributed by atoms with E-state index in [9.17, 15) is 13.6 Å². The molecule has 0 unspecified atom stereocenters. The lowest BCUT2D eigenvalue weighted by atomic mass is 10.2. The molecule has 0 spiro atoms. The average molecular weight is 341 g/mol. The van der Waals surface area contributed by atoms with Crippen molar-refractivity contribution in [2.75, 3.05) is 10.6 Å². The molecule has 0 bridgehead atoms. The molecule has 2 N–H and O–H groups in total. The summed E-state index contributed by atoms with van der Waals surface area (Å²) in [6.07, 6.45) is 4.37. The number of halogens is 2. The van der Waals surface area contributed by atoms with E-state index in [1.807, 2.05) is 0 Å². The van der Waals surface area contributed by atoms with Crippen molar-refractivity contribution in [3.8, 4) is 0 Å². The van der Waals surface area contributed by atoms with Gasteiger partial charge in [-0.3, -0.25) is 15.3 Å². The first-order valence-electron chi connectivity index (χ1n) is 7.48. The maximum Gasteiger partial charge on any atom is 0.326 e. The van der Waals surface area contributed by atoms with Gasteiger partial charge in [-0.25, -0.2) is 18.6 Å². The van der Waals surface area contributed by atoms with Crippen LogP contribution in [0.5, 0.6) is 0 Å². The number of aromatic nitrogens is 3. The highest BCUT2D eigenvalue weighted by molar-refractivity contribution is 7.15. The van der Waals surface area contributed by atoms with E-state index in [-0.39, 0.29) is 5.82 Å². The summed E-state index contributed by atoms with van der Waals surface area (Å²) < 4.78 is 25.6. The molecule has 1 aliphatic carbocycles. The van der Waals surface area contributed by atoms with Gasteiger partial charge >= 0.3 is 6.03 Å². The number of carbonyl (C=O) groups is 1. The Bertz CT molecular complexity index is 661. The van der Waals surface area contributed by atoms with Crippen molar-refractivity contribution in [2.24, 2.45) is 0 Å². The van der Waals surface area contributed by atoms with Gasteiger partial charge in [-0.1, -0.05) is 6.42 Å². The van der Waals surface area contributed by atoms with Gasteiger partial charge in [0.1, 0.15) is 6.54 Å². The number of urea groups is 1. The first-order valence-corrected chi connectivity index (χ1v) is 8.30. The first-order chi connectivity index (χ1) is 11.1. The molecule has 0 saturated carbocycles. The topological polar surface area (TPSA) is 71.8 Å². The number of aryl methyl sites for hydroxylation is 2. The molecular formula is C14H17F2N5OS. The first kappa shape index (κ1) is 15.9. The monoisotopic (exact) mass is 341 g/mol. The zero-order chi connectivity index (χ0) is 16.2. The lowest BCUT2D eigenvalue weighted by Gasteiger charge is -2.02. The second-order valence-electron chi connectivity index (χ2n) is 5.34. The number of fused-ring (bicyclic) bond motifs is 1. The number of rotatable bonds is 4. The number of hydrogen-bond donors (Lipinski definition) is 2. The Kier molecular flexibility index (Phi) is 4.85. The number of carbonyl (C=O) groups excluding carboxylic acids is 1. The molecule has 2 amide bonds. The van der Waals surface area contributed by atoms with E-state index in [2.05, 4.69) is 20.7 Å². The lowest BCUT2D eigenvalue weighted by Crippen LogP contribution is -2.20. The summed E-state index contributed by atoms with van der Waals surface area (Å²) in [5.74, 6) is 0.223. The summed E-state index contributed by atoms with van der Waals surface area (Å²) in [5, 5.41) is 9.61. The molecule has 0 aromatic carbocycles.